The molecule has 0 radical (unpaired) electrons. The number of hydrogen-bond donors (Lipinski definition) is 2. The van der Waals surface area contributed by atoms with Crippen LogP contribution in [0.3, 0.4) is 0 Å². The third kappa shape index (κ3) is 5.65. The van der Waals surface area contributed by atoms with Gasteiger partial charge < -0.3 is 15.3 Å². The summed E-state index contributed by atoms with van der Waals surface area (Å²) in [4.78, 5) is 14.2. The largest absolute Gasteiger partial charge is 0.390 e. The summed E-state index contributed by atoms with van der Waals surface area (Å²) in [6.07, 6.45) is 3.03. The Morgan fingerprint density at radius 1 is 1.43 bits per heavy atom. The lowest BCUT2D eigenvalue weighted by atomic mass is 9.98. The van der Waals surface area contributed by atoms with Gasteiger partial charge in [0.25, 0.3) is 0 Å². The molecule has 4 nitrogen and oxygen atoms in total. The lowest BCUT2D eigenvalue weighted by Crippen LogP contribution is -2.30. The van der Waals surface area contributed by atoms with E-state index >= 15 is 0 Å². The SMILES string of the molecule is CC1(O)CCCN(CCC(=O)Nc2cccc(Cl)c2)CC1. The van der Waals surface area contributed by atoms with E-state index in [0.29, 0.717) is 11.4 Å². The fourth-order valence-corrected chi connectivity index (χ4v) is 2.78. The summed E-state index contributed by atoms with van der Waals surface area (Å²) in [6.45, 7) is 4.41. The van der Waals surface area contributed by atoms with Gasteiger partial charge in [0.1, 0.15) is 0 Å². The van der Waals surface area contributed by atoms with Crippen molar-refractivity contribution >= 4 is 23.2 Å². The summed E-state index contributed by atoms with van der Waals surface area (Å²) >= 11 is 5.89. The average Bonchev–Trinajstić information content (AvgIpc) is 2.57. The molecule has 5 heteroatoms. The Morgan fingerprint density at radius 2 is 2.24 bits per heavy atom. The Labute approximate surface area is 131 Å². The summed E-state index contributed by atoms with van der Waals surface area (Å²) in [5.41, 5.74) is 0.170. The normalized spacial score (nSPS) is 23.6. The van der Waals surface area contributed by atoms with Crippen LogP contribution in [0.1, 0.15) is 32.6 Å². The van der Waals surface area contributed by atoms with E-state index in [9.17, 15) is 9.90 Å². The van der Waals surface area contributed by atoms with Crippen LogP contribution in [-0.4, -0.2) is 41.1 Å². The third-order valence-electron chi connectivity index (χ3n) is 3.92. The number of anilines is 1. The number of nitrogens with zero attached hydrogens (tertiary/aromatic N) is 1. The van der Waals surface area contributed by atoms with Crippen molar-refractivity contribution in [2.24, 2.45) is 0 Å². The van der Waals surface area contributed by atoms with E-state index in [4.69, 9.17) is 11.6 Å². The maximum Gasteiger partial charge on any atom is 0.225 e. The van der Waals surface area contributed by atoms with Crippen LogP contribution in [0.2, 0.25) is 5.02 Å². The minimum absolute atomic E-state index is 0.00623. The second kappa shape index (κ2) is 7.25. The van der Waals surface area contributed by atoms with Gasteiger partial charge in [0.05, 0.1) is 5.60 Å². The number of rotatable bonds is 4. The number of nitrogens with one attached hydrogen (secondary N) is 1. The van der Waals surface area contributed by atoms with Gasteiger partial charge in [-0.25, -0.2) is 0 Å². The third-order valence-corrected chi connectivity index (χ3v) is 4.15. The Hall–Kier alpha value is -1.10. The number of aliphatic hydroxyl groups is 1. The molecule has 1 heterocycles. The van der Waals surface area contributed by atoms with Gasteiger partial charge in [0.15, 0.2) is 0 Å². The monoisotopic (exact) mass is 310 g/mol. The van der Waals surface area contributed by atoms with Crippen LogP contribution in [0.4, 0.5) is 5.69 Å². The first-order valence-corrected chi connectivity index (χ1v) is 7.83. The van der Waals surface area contributed by atoms with E-state index in [1.807, 2.05) is 19.1 Å². The molecule has 1 unspecified atom stereocenters. The summed E-state index contributed by atoms with van der Waals surface area (Å²) in [7, 11) is 0. The van der Waals surface area contributed by atoms with Crippen molar-refractivity contribution in [3.63, 3.8) is 0 Å². The summed E-state index contributed by atoms with van der Waals surface area (Å²) in [6, 6.07) is 7.16. The van der Waals surface area contributed by atoms with Gasteiger partial charge in [-0.05, 0) is 50.9 Å². The highest BCUT2D eigenvalue weighted by molar-refractivity contribution is 6.30. The molecule has 1 saturated heterocycles. The molecule has 0 bridgehead atoms. The molecule has 21 heavy (non-hydrogen) atoms. The lowest BCUT2D eigenvalue weighted by Gasteiger charge is -2.22. The first-order valence-electron chi connectivity index (χ1n) is 7.45. The summed E-state index contributed by atoms with van der Waals surface area (Å²) in [5.74, 6) is -0.00623. The Kier molecular flexibility index (Phi) is 5.62. The fourth-order valence-electron chi connectivity index (χ4n) is 2.59. The first kappa shape index (κ1) is 16.3. The van der Waals surface area contributed by atoms with Crippen LogP contribution in [0, 0.1) is 0 Å². The maximum atomic E-state index is 11.9. The topological polar surface area (TPSA) is 52.6 Å². The molecule has 1 aliphatic rings. The summed E-state index contributed by atoms with van der Waals surface area (Å²) in [5, 5.41) is 13.5. The number of benzene rings is 1. The highest BCUT2D eigenvalue weighted by Gasteiger charge is 2.24. The van der Waals surface area contributed by atoms with E-state index < -0.39 is 5.60 Å². The second-order valence-corrected chi connectivity index (χ2v) is 6.44. The quantitative estimate of drug-likeness (QED) is 0.899. The van der Waals surface area contributed by atoms with Crippen molar-refractivity contribution in [1.82, 2.24) is 4.90 Å². The summed E-state index contributed by atoms with van der Waals surface area (Å²) < 4.78 is 0. The molecule has 1 amide bonds. The molecule has 1 fully saturated rings. The van der Waals surface area contributed by atoms with Crippen molar-refractivity contribution in [2.45, 2.75) is 38.2 Å². The molecule has 1 atom stereocenters. The van der Waals surface area contributed by atoms with Crippen molar-refractivity contribution in [2.75, 3.05) is 25.0 Å². The van der Waals surface area contributed by atoms with Crippen LogP contribution in [0.15, 0.2) is 24.3 Å². The fraction of sp³-hybridized carbons (Fsp3) is 0.562. The second-order valence-electron chi connectivity index (χ2n) is 6.00. The number of likely N-dealkylation sites (tertiary alicyclic amines) is 1. The Balaban J connectivity index is 1.76. The van der Waals surface area contributed by atoms with Crippen molar-refractivity contribution in [3.05, 3.63) is 29.3 Å². The number of carbonyl (C=O) groups is 1. The minimum atomic E-state index is -0.558. The molecule has 0 spiro atoms. The molecule has 1 aliphatic heterocycles. The van der Waals surface area contributed by atoms with E-state index in [0.717, 1.165) is 44.6 Å². The van der Waals surface area contributed by atoms with Crippen molar-refractivity contribution in [1.29, 1.82) is 0 Å². The number of carbonyl (C=O) groups excluding carboxylic acids is 1. The van der Waals surface area contributed by atoms with Crippen LogP contribution in [-0.2, 0) is 4.79 Å². The van der Waals surface area contributed by atoms with Gasteiger partial charge >= 0.3 is 0 Å². The zero-order chi connectivity index (χ0) is 15.3. The minimum Gasteiger partial charge on any atom is -0.390 e. The molecular formula is C16H23ClN2O2. The van der Waals surface area contributed by atoms with Gasteiger partial charge in [0, 0.05) is 30.2 Å². The number of amides is 1. The molecule has 2 rings (SSSR count). The van der Waals surface area contributed by atoms with Gasteiger partial charge in [-0.1, -0.05) is 17.7 Å². The van der Waals surface area contributed by atoms with E-state index in [2.05, 4.69) is 10.2 Å². The van der Waals surface area contributed by atoms with E-state index in [1.54, 1.807) is 12.1 Å². The van der Waals surface area contributed by atoms with Crippen LogP contribution >= 0.6 is 11.6 Å². The lowest BCUT2D eigenvalue weighted by molar-refractivity contribution is -0.116. The van der Waals surface area contributed by atoms with Gasteiger partial charge in [0.2, 0.25) is 5.91 Å². The Morgan fingerprint density at radius 3 is 3.00 bits per heavy atom. The van der Waals surface area contributed by atoms with Crippen LogP contribution in [0.5, 0.6) is 0 Å². The molecule has 0 aliphatic carbocycles. The van der Waals surface area contributed by atoms with Gasteiger partial charge in [-0.2, -0.15) is 0 Å². The standard InChI is InChI=1S/C16H23ClN2O2/c1-16(21)7-3-9-19(11-8-16)10-6-15(20)18-14-5-2-4-13(17)12-14/h2,4-5,12,21H,3,6-11H2,1H3,(H,18,20). The van der Waals surface area contributed by atoms with E-state index in [-0.39, 0.29) is 5.91 Å². The maximum absolute atomic E-state index is 11.9. The van der Waals surface area contributed by atoms with Gasteiger partial charge in [-0.3, -0.25) is 4.79 Å². The van der Waals surface area contributed by atoms with Crippen molar-refractivity contribution in [3.8, 4) is 0 Å². The first-order chi connectivity index (χ1) is 9.94. The molecule has 1 aromatic rings. The van der Waals surface area contributed by atoms with Crippen LogP contribution in [0.25, 0.3) is 0 Å². The molecular weight excluding hydrogens is 288 g/mol. The molecule has 2 N–H and O–H groups in total. The zero-order valence-electron chi connectivity index (χ0n) is 12.4. The zero-order valence-corrected chi connectivity index (χ0v) is 13.2. The van der Waals surface area contributed by atoms with E-state index in [1.165, 1.54) is 0 Å². The van der Waals surface area contributed by atoms with Crippen molar-refractivity contribution < 1.29 is 9.90 Å². The number of halogens is 1. The van der Waals surface area contributed by atoms with Crippen LogP contribution < -0.4 is 5.32 Å². The smallest absolute Gasteiger partial charge is 0.225 e. The van der Waals surface area contributed by atoms with Gasteiger partial charge in [-0.15, -0.1) is 0 Å². The number of hydrogen-bond acceptors (Lipinski definition) is 3. The highest BCUT2D eigenvalue weighted by atomic mass is 35.5. The Bertz CT molecular complexity index is 491. The molecule has 0 aromatic heterocycles. The predicted octanol–water partition coefficient (Wildman–Crippen LogP) is 2.91. The molecule has 116 valence electrons. The average molecular weight is 311 g/mol. The molecule has 0 saturated carbocycles. The predicted molar refractivity (Wildman–Crippen MR) is 85.6 cm³/mol. The highest BCUT2D eigenvalue weighted by Crippen LogP contribution is 2.21. The molecule has 1 aromatic carbocycles.